The molecule has 3 rings (SSSR count). The van der Waals surface area contributed by atoms with Crippen molar-refractivity contribution in [3.8, 4) is 10.7 Å². The predicted octanol–water partition coefficient (Wildman–Crippen LogP) is 2.55. The van der Waals surface area contributed by atoms with Gasteiger partial charge in [-0.1, -0.05) is 6.07 Å². The molecule has 19 heavy (non-hydrogen) atoms. The van der Waals surface area contributed by atoms with Crippen LogP contribution >= 0.6 is 11.3 Å². The summed E-state index contributed by atoms with van der Waals surface area (Å²) in [4.78, 5) is 8.86. The molecule has 1 N–H and O–H groups in total. The summed E-state index contributed by atoms with van der Waals surface area (Å²) in [5, 5.41) is 10.5. The van der Waals surface area contributed by atoms with Gasteiger partial charge in [0.2, 0.25) is 0 Å². The van der Waals surface area contributed by atoms with E-state index in [2.05, 4.69) is 20.4 Å². The van der Waals surface area contributed by atoms with Gasteiger partial charge < -0.3 is 5.32 Å². The molecule has 0 spiro atoms. The number of rotatable bonds is 4. The van der Waals surface area contributed by atoms with Crippen molar-refractivity contribution in [1.29, 1.82) is 0 Å². The van der Waals surface area contributed by atoms with E-state index in [0.717, 1.165) is 22.2 Å². The van der Waals surface area contributed by atoms with Crippen LogP contribution < -0.4 is 5.32 Å². The maximum Gasteiger partial charge on any atom is 0.148 e. The summed E-state index contributed by atoms with van der Waals surface area (Å²) >= 11 is 1.60. The van der Waals surface area contributed by atoms with Crippen molar-refractivity contribution < 1.29 is 0 Å². The highest BCUT2D eigenvalue weighted by Crippen LogP contribution is 2.21. The van der Waals surface area contributed by atoms with Crippen LogP contribution in [0.15, 0.2) is 42.0 Å². The van der Waals surface area contributed by atoms with Crippen molar-refractivity contribution in [3.05, 3.63) is 47.7 Å². The van der Waals surface area contributed by atoms with Crippen LogP contribution in [0.25, 0.3) is 10.7 Å². The van der Waals surface area contributed by atoms with Gasteiger partial charge in [-0.2, -0.15) is 5.10 Å². The molecule has 0 atom stereocenters. The SMILES string of the molecule is Cn1ccc(NCc2csc(-c3ccccn3)n2)n1. The van der Waals surface area contributed by atoms with Gasteiger partial charge in [0.25, 0.3) is 0 Å². The minimum atomic E-state index is 0.667. The Morgan fingerprint density at radius 2 is 2.26 bits per heavy atom. The molecule has 5 nitrogen and oxygen atoms in total. The van der Waals surface area contributed by atoms with Crippen LogP contribution in [-0.2, 0) is 13.6 Å². The summed E-state index contributed by atoms with van der Waals surface area (Å²) in [6.45, 7) is 0.667. The molecule has 0 aliphatic heterocycles. The molecule has 0 fully saturated rings. The summed E-state index contributed by atoms with van der Waals surface area (Å²) < 4.78 is 1.77. The van der Waals surface area contributed by atoms with E-state index in [9.17, 15) is 0 Å². The largest absolute Gasteiger partial charge is 0.363 e. The zero-order valence-corrected chi connectivity index (χ0v) is 11.3. The first-order chi connectivity index (χ1) is 9.31. The van der Waals surface area contributed by atoms with Crippen LogP contribution in [0.3, 0.4) is 0 Å². The highest BCUT2D eigenvalue weighted by molar-refractivity contribution is 7.13. The second kappa shape index (κ2) is 5.19. The lowest BCUT2D eigenvalue weighted by Crippen LogP contribution is -2.01. The summed E-state index contributed by atoms with van der Waals surface area (Å²) in [6, 6.07) is 7.77. The molecule has 96 valence electrons. The number of aryl methyl sites for hydroxylation is 1. The molecular formula is C13H13N5S. The lowest BCUT2D eigenvalue weighted by molar-refractivity contribution is 0.768. The molecule has 3 aromatic rings. The lowest BCUT2D eigenvalue weighted by Gasteiger charge is -1.99. The quantitative estimate of drug-likeness (QED) is 0.792. The number of pyridine rings is 1. The zero-order valence-electron chi connectivity index (χ0n) is 10.4. The molecule has 0 radical (unpaired) electrons. The molecule has 6 heteroatoms. The van der Waals surface area contributed by atoms with E-state index in [0.29, 0.717) is 6.54 Å². The fourth-order valence-corrected chi connectivity index (χ4v) is 2.48. The number of hydrogen-bond acceptors (Lipinski definition) is 5. The minimum absolute atomic E-state index is 0.667. The normalized spacial score (nSPS) is 10.6. The van der Waals surface area contributed by atoms with Gasteiger partial charge in [-0.05, 0) is 12.1 Å². The van der Waals surface area contributed by atoms with Crippen LogP contribution in [0, 0.1) is 0 Å². The fraction of sp³-hybridized carbons (Fsp3) is 0.154. The maximum atomic E-state index is 4.56. The molecule has 0 amide bonds. The Bertz CT molecular complexity index is 658. The second-order valence-corrected chi connectivity index (χ2v) is 4.95. The van der Waals surface area contributed by atoms with Crippen molar-refractivity contribution in [2.45, 2.75) is 6.54 Å². The highest BCUT2D eigenvalue weighted by atomic mass is 32.1. The first kappa shape index (κ1) is 11.9. The zero-order chi connectivity index (χ0) is 13.1. The Labute approximate surface area is 115 Å². The smallest absolute Gasteiger partial charge is 0.148 e. The Morgan fingerprint density at radius 3 is 3.00 bits per heavy atom. The first-order valence-corrected chi connectivity index (χ1v) is 6.78. The third-order valence-electron chi connectivity index (χ3n) is 2.60. The fourth-order valence-electron chi connectivity index (χ4n) is 1.69. The molecule has 0 aromatic carbocycles. The molecular weight excluding hydrogens is 258 g/mol. The average Bonchev–Trinajstić information content (AvgIpc) is 3.06. The molecule has 0 unspecified atom stereocenters. The van der Waals surface area contributed by atoms with Crippen molar-refractivity contribution >= 4 is 17.2 Å². The number of nitrogens with one attached hydrogen (secondary N) is 1. The Hall–Kier alpha value is -2.21. The van der Waals surface area contributed by atoms with E-state index in [-0.39, 0.29) is 0 Å². The monoisotopic (exact) mass is 271 g/mol. The second-order valence-electron chi connectivity index (χ2n) is 4.09. The molecule has 0 saturated carbocycles. The molecule has 3 aromatic heterocycles. The minimum Gasteiger partial charge on any atom is -0.363 e. The number of hydrogen-bond donors (Lipinski definition) is 1. The van der Waals surface area contributed by atoms with Gasteiger partial charge in [-0.15, -0.1) is 11.3 Å². The summed E-state index contributed by atoms with van der Waals surface area (Å²) in [5.74, 6) is 0.856. The first-order valence-electron chi connectivity index (χ1n) is 5.90. The highest BCUT2D eigenvalue weighted by Gasteiger charge is 2.05. The summed E-state index contributed by atoms with van der Waals surface area (Å²) in [6.07, 6.45) is 3.69. The van der Waals surface area contributed by atoms with Crippen molar-refractivity contribution in [3.63, 3.8) is 0 Å². The van der Waals surface area contributed by atoms with Gasteiger partial charge in [-0.25, -0.2) is 4.98 Å². The van der Waals surface area contributed by atoms with Gasteiger partial charge in [0, 0.05) is 30.9 Å². The van der Waals surface area contributed by atoms with Crippen LogP contribution in [0.4, 0.5) is 5.82 Å². The summed E-state index contributed by atoms with van der Waals surface area (Å²) in [7, 11) is 1.90. The van der Waals surface area contributed by atoms with Gasteiger partial charge in [0.15, 0.2) is 0 Å². The van der Waals surface area contributed by atoms with Crippen molar-refractivity contribution in [2.75, 3.05) is 5.32 Å². The Balaban J connectivity index is 1.68. The van der Waals surface area contributed by atoms with E-state index >= 15 is 0 Å². The molecule has 0 bridgehead atoms. The van der Waals surface area contributed by atoms with Crippen molar-refractivity contribution in [2.24, 2.45) is 7.05 Å². The van der Waals surface area contributed by atoms with Crippen molar-refractivity contribution in [1.82, 2.24) is 19.7 Å². The topological polar surface area (TPSA) is 55.6 Å². The molecule has 0 aliphatic rings. The standard InChI is InChI=1S/C13H13N5S/c1-18-7-5-12(17-18)15-8-10-9-19-13(16-10)11-4-2-3-6-14-11/h2-7,9H,8H2,1H3,(H,15,17). The number of nitrogens with zero attached hydrogens (tertiary/aromatic N) is 4. The van der Waals surface area contributed by atoms with E-state index < -0.39 is 0 Å². The van der Waals surface area contributed by atoms with E-state index in [4.69, 9.17) is 0 Å². The maximum absolute atomic E-state index is 4.56. The van der Waals surface area contributed by atoms with Crippen LogP contribution in [0.1, 0.15) is 5.69 Å². The molecule has 0 aliphatic carbocycles. The number of thiazole rings is 1. The van der Waals surface area contributed by atoms with Crippen LogP contribution in [0.5, 0.6) is 0 Å². The Morgan fingerprint density at radius 1 is 1.32 bits per heavy atom. The van der Waals surface area contributed by atoms with E-state index in [1.165, 1.54) is 0 Å². The third-order valence-corrected chi connectivity index (χ3v) is 3.51. The van der Waals surface area contributed by atoms with Crippen LogP contribution in [-0.4, -0.2) is 19.7 Å². The lowest BCUT2D eigenvalue weighted by atomic mass is 10.3. The van der Waals surface area contributed by atoms with Gasteiger partial charge in [0.1, 0.15) is 10.8 Å². The van der Waals surface area contributed by atoms with Gasteiger partial charge in [-0.3, -0.25) is 9.67 Å². The van der Waals surface area contributed by atoms with Gasteiger partial charge >= 0.3 is 0 Å². The van der Waals surface area contributed by atoms with E-state index in [1.807, 2.05) is 42.9 Å². The molecule has 0 saturated heterocycles. The third kappa shape index (κ3) is 2.79. The average molecular weight is 271 g/mol. The number of aromatic nitrogens is 4. The number of anilines is 1. The summed E-state index contributed by atoms with van der Waals surface area (Å²) in [5.41, 5.74) is 1.91. The van der Waals surface area contributed by atoms with Gasteiger partial charge in [0.05, 0.1) is 17.9 Å². The van der Waals surface area contributed by atoms with Crippen LogP contribution in [0.2, 0.25) is 0 Å². The molecule has 3 heterocycles. The Kier molecular flexibility index (Phi) is 3.24. The predicted molar refractivity (Wildman–Crippen MR) is 75.9 cm³/mol. The van der Waals surface area contributed by atoms with E-state index in [1.54, 1.807) is 22.2 Å².